The molecule has 8 nitrogen and oxygen atoms in total. The standard InChI is InChI=1S/C23H26F3N5O3/c1-13-8-15(9-19(28-13)30-21(32)14-5-6-14)22(33)29-17-4-3-7-31(12-17)20-18(34-2)10-16(11-27-20)23(24,25)26/h8-11,14,17H,3-7,12H2,1-2H3,(H,29,33)(H,28,30,32)/t17-/m1/s1. The van der Waals surface area contributed by atoms with Gasteiger partial charge in [-0.2, -0.15) is 13.2 Å². The SMILES string of the molecule is COc1cc(C(F)(F)F)cnc1N1CCC[C@@H](NC(=O)c2cc(C)nc(NC(=O)C3CC3)c2)C1. The first-order chi connectivity index (χ1) is 16.1. The first kappa shape index (κ1) is 23.8. The van der Waals surface area contributed by atoms with Crippen LogP contribution >= 0.6 is 0 Å². The molecule has 1 saturated heterocycles. The number of hydrogen-bond donors (Lipinski definition) is 2. The second kappa shape index (κ2) is 9.47. The Morgan fingerprint density at radius 3 is 2.62 bits per heavy atom. The lowest BCUT2D eigenvalue weighted by molar-refractivity contribution is -0.137. The number of ether oxygens (including phenoxy) is 1. The molecule has 11 heteroatoms. The number of nitrogens with zero attached hydrogens (tertiary/aromatic N) is 3. The van der Waals surface area contributed by atoms with Crippen molar-refractivity contribution in [3.8, 4) is 5.75 Å². The Labute approximate surface area is 194 Å². The van der Waals surface area contributed by atoms with Crippen molar-refractivity contribution in [1.82, 2.24) is 15.3 Å². The van der Waals surface area contributed by atoms with E-state index in [-0.39, 0.29) is 29.5 Å². The van der Waals surface area contributed by atoms with Gasteiger partial charge in [-0.1, -0.05) is 0 Å². The van der Waals surface area contributed by atoms with Crippen LogP contribution in [0.15, 0.2) is 24.4 Å². The maximum Gasteiger partial charge on any atom is 0.418 e. The topological polar surface area (TPSA) is 96.4 Å². The average molecular weight is 477 g/mol. The molecule has 34 heavy (non-hydrogen) atoms. The van der Waals surface area contributed by atoms with Crippen LogP contribution in [0.25, 0.3) is 0 Å². The third kappa shape index (κ3) is 5.57. The minimum atomic E-state index is -4.52. The molecule has 3 heterocycles. The Morgan fingerprint density at radius 1 is 1.18 bits per heavy atom. The van der Waals surface area contributed by atoms with Crippen LogP contribution in [0.2, 0.25) is 0 Å². The lowest BCUT2D eigenvalue weighted by atomic mass is 10.0. The Kier molecular flexibility index (Phi) is 6.63. The van der Waals surface area contributed by atoms with Crippen molar-refractivity contribution >= 4 is 23.5 Å². The Bertz CT molecular complexity index is 1090. The van der Waals surface area contributed by atoms with Crippen molar-refractivity contribution in [2.24, 2.45) is 5.92 Å². The zero-order valence-electron chi connectivity index (χ0n) is 18.9. The summed E-state index contributed by atoms with van der Waals surface area (Å²) in [4.78, 5) is 35.1. The molecule has 0 unspecified atom stereocenters. The molecule has 2 amide bonds. The van der Waals surface area contributed by atoms with E-state index in [0.29, 0.717) is 42.4 Å². The molecule has 2 aromatic heterocycles. The summed E-state index contributed by atoms with van der Waals surface area (Å²) in [6, 6.07) is 3.88. The molecule has 0 bridgehead atoms. The molecule has 1 aliphatic heterocycles. The molecular weight excluding hydrogens is 451 g/mol. The van der Waals surface area contributed by atoms with Crippen molar-refractivity contribution in [2.45, 2.75) is 44.8 Å². The number of carbonyl (C=O) groups is 2. The molecule has 2 aliphatic rings. The first-order valence-corrected chi connectivity index (χ1v) is 11.1. The molecule has 0 aromatic carbocycles. The number of carbonyl (C=O) groups excluding carboxylic acids is 2. The van der Waals surface area contributed by atoms with E-state index in [9.17, 15) is 22.8 Å². The highest BCUT2D eigenvalue weighted by Gasteiger charge is 2.33. The number of pyridine rings is 2. The average Bonchev–Trinajstić information content (AvgIpc) is 3.63. The summed E-state index contributed by atoms with van der Waals surface area (Å²) >= 11 is 0. The summed E-state index contributed by atoms with van der Waals surface area (Å²) in [5.41, 5.74) is 0.0938. The Morgan fingerprint density at radius 2 is 1.94 bits per heavy atom. The van der Waals surface area contributed by atoms with Gasteiger partial charge in [-0.3, -0.25) is 9.59 Å². The van der Waals surface area contributed by atoms with Crippen molar-refractivity contribution in [1.29, 1.82) is 0 Å². The van der Waals surface area contributed by atoms with E-state index in [2.05, 4.69) is 20.6 Å². The molecule has 4 rings (SSSR count). The monoisotopic (exact) mass is 477 g/mol. The second-order valence-electron chi connectivity index (χ2n) is 8.65. The quantitative estimate of drug-likeness (QED) is 0.661. The molecule has 0 radical (unpaired) electrons. The van der Waals surface area contributed by atoms with Crippen molar-refractivity contribution in [3.63, 3.8) is 0 Å². The summed E-state index contributed by atoms with van der Waals surface area (Å²) in [6.45, 7) is 2.69. The lowest BCUT2D eigenvalue weighted by Crippen LogP contribution is -2.48. The number of methoxy groups -OCH3 is 1. The van der Waals surface area contributed by atoms with Crippen molar-refractivity contribution in [2.75, 3.05) is 30.4 Å². The molecule has 2 fully saturated rings. The van der Waals surface area contributed by atoms with Gasteiger partial charge in [-0.15, -0.1) is 0 Å². The van der Waals surface area contributed by atoms with E-state index in [1.54, 1.807) is 19.1 Å². The van der Waals surface area contributed by atoms with Gasteiger partial charge in [-0.25, -0.2) is 9.97 Å². The minimum Gasteiger partial charge on any atom is -0.493 e. The van der Waals surface area contributed by atoms with Gasteiger partial charge in [0.15, 0.2) is 11.6 Å². The predicted molar refractivity (Wildman–Crippen MR) is 119 cm³/mol. The number of amides is 2. The van der Waals surface area contributed by atoms with Crippen LogP contribution in [0, 0.1) is 12.8 Å². The number of rotatable bonds is 6. The third-order valence-corrected chi connectivity index (χ3v) is 5.85. The van der Waals surface area contributed by atoms with Gasteiger partial charge in [0, 0.05) is 42.5 Å². The highest BCUT2D eigenvalue weighted by Crippen LogP contribution is 2.35. The maximum absolute atomic E-state index is 13.0. The molecule has 1 saturated carbocycles. The van der Waals surface area contributed by atoms with E-state index in [0.717, 1.165) is 31.5 Å². The fourth-order valence-corrected chi connectivity index (χ4v) is 3.97. The third-order valence-electron chi connectivity index (χ3n) is 5.85. The summed E-state index contributed by atoms with van der Waals surface area (Å²) in [6.07, 6.45) is -0.576. The minimum absolute atomic E-state index is 0.0172. The molecule has 2 aromatic rings. The molecule has 182 valence electrons. The Balaban J connectivity index is 1.45. The summed E-state index contributed by atoms with van der Waals surface area (Å²) in [5, 5.41) is 5.74. The highest BCUT2D eigenvalue weighted by molar-refractivity contribution is 5.97. The van der Waals surface area contributed by atoms with Crippen LogP contribution in [-0.4, -0.2) is 48.0 Å². The van der Waals surface area contributed by atoms with Gasteiger partial charge in [0.05, 0.1) is 12.7 Å². The van der Waals surface area contributed by atoms with Crippen LogP contribution in [0.3, 0.4) is 0 Å². The number of halogens is 3. The van der Waals surface area contributed by atoms with Gasteiger partial charge in [0.2, 0.25) is 5.91 Å². The normalized spacial score (nSPS) is 18.4. The number of anilines is 2. The fraction of sp³-hybridized carbons (Fsp3) is 0.478. The number of alkyl halides is 3. The Hall–Kier alpha value is -3.37. The number of piperidine rings is 1. The van der Waals surface area contributed by atoms with Gasteiger partial charge in [0.1, 0.15) is 5.82 Å². The largest absolute Gasteiger partial charge is 0.493 e. The van der Waals surface area contributed by atoms with Gasteiger partial charge in [-0.05, 0) is 50.8 Å². The van der Waals surface area contributed by atoms with Crippen LogP contribution < -0.4 is 20.3 Å². The first-order valence-electron chi connectivity index (χ1n) is 11.1. The fourth-order valence-electron chi connectivity index (χ4n) is 3.97. The van der Waals surface area contributed by atoms with E-state index in [1.165, 1.54) is 7.11 Å². The second-order valence-corrected chi connectivity index (χ2v) is 8.65. The number of nitrogens with one attached hydrogen (secondary N) is 2. The van der Waals surface area contributed by atoms with E-state index < -0.39 is 11.7 Å². The van der Waals surface area contributed by atoms with Crippen molar-refractivity contribution in [3.05, 3.63) is 41.2 Å². The summed E-state index contributed by atoms with van der Waals surface area (Å²) in [5.74, 6) is 0.286. The van der Waals surface area contributed by atoms with E-state index in [4.69, 9.17) is 4.74 Å². The van der Waals surface area contributed by atoms with E-state index in [1.807, 2.05) is 4.90 Å². The maximum atomic E-state index is 13.0. The predicted octanol–water partition coefficient (Wildman–Crippen LogP) is 3.56. The molecule has 1 aliphatic carbocycles. The van der Waals surface area contributed by atoms with Crippen LogP contribution in [0.1, 0.15) is 47.3 Å². The van der Waals surface area contributed by atoms with Gasteiger partial charge >= 0.3 is 6.18 Å². The molecule has 2 N–H and O–H groups in total. The van der Waals surface area contributed by atoms with Gasteiger partial charge in [0.25, 0.3) is 5.91 Å². The molecular formula is C23H26F3N5O3. The van der Waals surface area contributed by atoms with Crippen molar-refractivity contribution < 1.29 is 27.5 Å². The van der Waals surface area contributed by atoms with Gasteiger partial charge < -0.3 is 20.3 Å². The number of aryl methyl sites for hydroxylation is 1. The smallest absolute Gasteiger partial charge is 0.418 e. The van der Waals surface area contributed by atoms with Crippen LogP contribution in [-0.2, 0) is 11.0 Å². The summed E-state index contributed by atoms with van der Waals surface area (Å²) < 4.78 is 44.3. The van der Waals surface area contributed by atoms with Crippen LogP contribution in [0.4, 0.5) is 24.8 Å². The number of aromatic nitrogens is 2. The number of hydrogen-bond acceptors (Lipinski definition) is 6. The molecule has 0 spiro atoms. The zero-order valence-corrected chi connectivity index (χ0v) is 18.9. The summed E-state index contributed by atoms with van der Waals surface area (Å²) in [7, 11) is 1.30. The van der Waals surface area contributed by atoms with E-state index >= 15 is 0 Å². The van der Waals surface area contributed by atoms with Crippen LogP contribution in [0.5, 0.6) is 5.75 Å². The lowest BCUT2D eigenvalue weighted by Gasteiger charge is -2.34. The zero-order chi connectivity index (χ0) is 24.5. The highest BCUT2D eigenvalue weighted by atomic mass is 19.4. The molecule has 1 atom stereocenters.